The number of aryl methyl sites for hydroxylation is 1. The smallest absolute Gasteiger partial charge is 0.320 e. The van der Waals surface area contributed by atoms with Crippen molar-refractivity contribution in [2.75, 3.05) is 5.32 Å². The summed E-state index contributed by atoms with van der Waals surface area (Å²) in [5.74, 6) is 0.290. The molecular weight excluding hydrogens is 343 g/mol. The van der Waals surface area contributed by atoms with Crippen molar-refractivity contribution in [2.45, 2.75) is 6.04 Å². The molecular formula is C18H16ClFN4O. The molecule has 0 radical (unpaired) electrons. The fraction of sp³-hybridized carbons (Fsp3) is 0.111. The van der Waals surface area contributed by atoms with Gasteiger partial charge in [-0.3, -0.25) is 0 Å². The lowest BCUT2D eigenvalue weighted by molar-refractivity contribution is 0.249. The van der Waals surface area contributed by atoms with E-state index >= 15 is 0 Å². The molecule has 25 heavy (non-hydrogen) atoms. The van der Waals surface area contributed by atoms with Gasteiger partial charge in [0.15, 0.2) is 0 Å². The Hall–Kier alpha value is -2.86. The van der Waals surface area contributed by atoms with Crippen molar-refractivity contribution >= 4 is 23.3 Å². The number of nitrogens with zero attached hydrogens (tertiary/aromatic N) is 2. The van der Waals surface area contributed by atoms with Crippen LogP contribution < -0.4 is 10.6 Å². The molecule has 2 N–H and O–H groups in total. The van der Waals surface area contributed by atoms with Crippen molar-refractivity contribution in [1.29, 1.82) is 0 Å². The number of rotatable bonds is 4. The van der Waals surface area contributed by atoms with Crippen LogP contribution >= 0.6 is 11.6 Å². The van der Waals surface area contributed by atoms with E-state index in [4.69, 9.17) is 11.6 Å². The molecule has 7 heteroatoms. The normalized spacial score (nSPS) is 11.8. The summed E-state index contributed by atoms with van der Waals surface area (Å²) in [7, 11) is 1.83. The third-order valence-corrected chi connectivity index (χ3v) is 3.91. The van der Waals surface area contributed by atoms with Crippen molar-refractivity contribution in [3.05, 3.63) is 83.2 Å². The first-order valence-corrected chi connectivity index (χ1v) is 7.96. The number of benzene rings is 2. The highest BCUT2D eigenvalue weighted by atomic mass is 35.5. The average Bonchev–Trinajstić information content (AvgIpc) is 2.99. The summed E-state index contributed by atoms with van der Waals surface area (Å²) in [5.41, 5.74) is 1.29. The van der Waals surface area contributed by atoms with Gasteiger partial charge in [0.1, 0.15) is 17.7 Å². The van der Waals surface area contributed by atoms with Crippen molar-refractivity contribution < 1.29 is 9.18 Å². The first-order valence-electron chi connectivity index (χ1n) is 7.59. The lowest BCUT2D eigenvalue weighted by Crippen LogP contribution is -2.34. The molecule has 0 aliphatic carbocycles. The van der Waals surface area contributed by atoms with Crippen molar-refractivity contribution in [1.82, 2.24) is 14.9 Å². The number of carbonyl (C=O) groups excluding carboxylic acids is 1. The zero-order valence-corrected chi connectivity index (χ0v) is 14.2. The van der Waals surface area contributed by atoms with E-state index in [0.717, 1.165) is 5.56 Å². The number of halogens is 2. The van der Waals surface area contributed by atoms with Gasteiger partial charge in [0.25, 0.3) is 0 Å². The van der Waals surface area contributed by atoms with E-state index in [0.29, 0.717) is 16.5 Å². The number of aromatic nitrogens is 2. The van der Waals surface area contributed by atoms with Crippen LogP contribution in [0.25, 0.3) is 0 Å². The number of hydrogen-bond acceptors (Lipinski definition) is 2. The van der Waals surface area contributed by atoms with Gasteiger partial charge in [-0.1, -0.05) is 29.8 Å². The van der Waals surface area contributed by atoms with Gasteiger partial charge in [0, 0.05) is 30.2 Å². The molecule has 0 aliphatic rings. The Morgan fingerprint density at radius 3 is 2.64 bits per heavy atom. The SMILES string of the molecule is Cn1ccnc1[C@H](NC(=O)Nc1cccc(Cl)c1)c1ccc(F)cc1. The lowest BCUT2D eigenvalue weighted by Gasteiger charge is -2.19. The van der Waals surface area contributed by atoms with Crippen LogP contribution in [0.5, 0.6) is 0 Å². The van der Waals surface area contributed by atoms with Crippen LogP contribution in [-0.4, -0.2) is 15.6 Å². The second-order valence-corrected chi connectivity index (χ2v) is 5.93. The van der Waals surface area contributed by atoms with Crippen LogP contribution in [-0.2, 0) is 7.05 Å². The molecule has 5 nitrogen and oxygen atoms in total. The summed E-state index contributed by atoms with van der Waals surface area (Å²) in [5, 5.41) is 6.12. The monoisotopic (exact) mass is 358 g/mol. The Morgan fingerprint density at radius 1 is 1.24 bits per heavy atom. The van der Waals surface area contributed by atoms with Crippen molar-refractivity contribution in [3.63, 3.8) is 0 Å². The molecule has 1 heterocycles. The van der Waals surface area contributed by atoms with Gasteiger partial charge in [0.2, 0.25) is 0 Å². The summed E-state index contributed by atoms with van der Waals surface area (Å²) in [6.07, 6.45) is 3.42. The van der Waals surface area contributed by atoms with Crippen LogP contribution in [0.3, 0.4) is 0 Å². The van der Waals surface area contributed by atoms with E-state index in [2.05, 4.69) is 15.6 Å². The number of amides is 2. The maximum Gasteiger partial charge on any atom is 0.320 e. The summed E-state index contributed by atoms with van der Waals surface area (Å²) >= 11 is 5.93. The average molecular weight is 359 g/mol. The number of imidazole rings is 1. The fourth-order valence-corrected chi connectivity index (χ4v) is 2.66. The number of carbonyl (C=O) groups is 1. The van der Waals surface area contributed by atoms with E-state index < -0.39 is 12.1 Å². The minimum atomic E-state index is -0.528. The van der Waals surface area contributed by atoms with E-state index in [-0.39, 0.29) is 5.82 Å². The number of nitrogens with one attached hydrogen (secondary N) is 2. The highest BCUT2D eigenvalue weighted by molar-refractivity contribution is 6.30. The summed E-state index contributed by atoms with van der Waals surface area (Å²) in [4.78, 5) is 16.7. The zero-order valence-electron chi connectivity index (χ0n) is 13.4. The van der Waals surface area contributed by atoms with E-state index in [9.17, 15) is 9.18 Å². The minimum Gasteiger partial charge on any atom is -0.336 e. The van der Waals surface area contributed by atoms with Gasteiger partial charge >= 0.3 is 6.03 Å². The Bertz CT molecular complexity index is 879. The van der Waals surface area contributed by atoms with Gasteiger partial charge in [-0.15, -0.1) is 0 Å². The van der Waals surface area contributed by atoms with E-state index in [1.54, 1.807) is 53.4 Å². The summed E-state index contributed by atoms with van der Waals surface area (Å²) in [6, 6.07) is 11.8. The second-order valence-electron chi connectivity index (χ2n) is 5.49. The largest absolute Gasteiger partial charge is 0.336 e. The van der Waals surface area contributed by atoms with Crippen molar-refractivity contribution in [2.24, 2.45) is 7.05 Å². The van der Waals surface area contributed by atoms with Gasteiger partial charge < -0.3 is 15.2 Å². The molecule has 0 bridgehead atoms. The molecule has 0 saturated carbocycles. The number of anilines is 1. The highest BCUT2D eigenvalue weighted by Gasteiger charge is 2.21. The Kier molecular flexibility index (Phi) is 5.00. The molecule has 3 rings (SSSR count). The first kappa shape index (κ1) is 17.0. The molecule has 1 aromatic heterocycles. The molecule has 0 fully saturated rings. The standard InChI is InChI=1S/C18H16ClFN4O/c1-24-10-9-21-17(24)16(12-5-7-14(20)8-6-12)23-18(25)22-15-4-2-3-13(19)11-15/h2-11,16H,1H3,(H2,22,23,25)/t16-/m1/s1. The third-order valence-electron chi connectivity index (χ3n) is 3.68. The second kappa shape index (κ2) is 7.36. The molecule has 0 saturated heterocycles. The molecule has 0 spiro atoms. The zero-order chi connectivity index (χ0) is 17.8. The quantitative estimate of drug-likeness (QED) is 0.737. The number of hydrogen-bond donors (Lipinski definition) is 2. The van der Waals surface area contributed by atoms with Crippen LogP contribution in [0.15, 0.2) is 60.9 Å². The Balaban J connectivity index is 1.83. The molecule has 1 atom stereocenters. The topological polar surface area (TPSA) is 59.0 Å². The summed E-state index contributed by atoms with van der Waals surface area (Å²) in [6.45, 7) is 0. The molecule has 3 aromatic rings. The molecule has 2 amide bonds. The maximum absolute atomic E-state index is 13.2. The summed E-state index contributed by atoms with van der Waals surface area (Å²) < 4.78 is 15.0. The van der Waals surface area contributed by atoms with Crippen LogP contribution in [0.1, 0.15) is 17.4 Å². The lowest BCUT2D eigenvalue weighted by atomic mass is 10.1. The number of urea groups is 1. The molecule has 0 unspecified atom stereocenters. The third kappa shape index (κ3) is 4.16. The molecule has 0 aliphatic heterocycles. The molecule has 2 aromatic carbocycles. The maximum atomic E-state index is 13.2. The molecule has 128 valence electrons. The van der Waals surface area contributed by atoms with Crippen molar-refractivity contribution in [3.8, 4) is 0 Å². The van der Waals surface area contributed by atoms with Gasteiger partial charge in [-0.2, -0.15) is 0 Å². The van der Waals surface area contributed by atoms with Gasteiger partial charge in [0.05, 0.1) is 0 Å². The fourth-order valence-electron chi connectivity index (χ4n) is 2.47. The Morgan fingerprint density at radius 2 is 2.00 bits per heavy atom. The van der Waals surface area contributed by atoms with Crippen LogP contribution in [0, 0.1) is 5.82 Å². The van der Waals surface area contributed by atoms with E-state index in [1.165, 1.54) is 12.1 Å². The van der Waals surface area contributed by atoms with Gasteiger partial charge in [-0.25, -0.2) is 14.2 Å². The van der Waals surface area contributed by atoms with Crippen LogP contribution in [0.2, 0.25) is 5.02 Å². The minimum absolute atomic E-state index is 0.342. The highest BCUT2D eigenvalue weighted by Crippen LogP contribution is 2.21. The van der Waals surface area contributed by atoms with Crippen LogP contribution in [0.4, 0.5) is 14.9 Å². The predicted octanol–water partition coefficient (Wildman–Crippen LogP) is 4.12. The first-order chi connectivity index (χ1) is 12.0. The van der Waals surface area contributed by atoms with E-state index in [1.807, 2.05) is 7.05 Å². The van der Waals surface area contributed by atoms with Gasteiger partial charge in [-0.05, 0) is 35.9 Å². The predicted molar refractivity (Wildman–Crippen MR) is 95.1 cm³/mol. The Labute approximate surface area is 149 Å².